The van der Waals surface area contributed by atoms with Crippen molar-refractivity contribution in [3.63, 3.8) is 0 Å². The molecule has 0 spiro atoms. The van der Waals surface area contributed by atoms with Crippen molar-refractivity contribution in [3.8, 4) is 0 Å². The lowest BCUT2D eigenvalue weighted by molar-refractivity contribution is 0.163. The van der Waals surface area contributed by atoms with Gasteiger partial charge in [-0.05, 0) is 51.3 Å². The van der Waals surface area contributed by atoms with Gasteiger partial charge in [0, 0.05) is 18.1 Å². The minimum Gasteiger partial charge on any atom is -0.312 e. The van der Waals surface area contributed by atoms with E-state index in [0.717, 1.165) is 12.1 Å². The highest BCUT2D eigenvalue weighted by Gasteiger charge is 2.35. The summed E-state index contributed by atoms with van der Waals surface area (Å²) in [5.41, 5.74) is 1.46. The van der Waals surface area contributed by atoms with Crippen LogP contribution in [0.2, 0.25) is 0 Å². The molecule has 0 saturated carbocycles. The SMILES string of the molecule is CC(c1ccccc1)N1CCCC1C1CCCN1. The fraction of sp³-hybridized carbons (Fsp3) is 0.625. The second kappa shape index (κ2) is 5.41. The molecule has 0 aliphatic carbocycles. The monoisotopic (exact) mass is 244 g/mol. The van der Waals surface area contributed by atoms with Gasteiger partial charge < -0.3 is 5.32 Å². The predicted octanol–water partition coefficient (Wildman–Crippen LogP) is 2.96. The zero-order valence-corrected chi connectivity index (χ0v) is 11.3. The summed E-state index contributed by atoms with van der Waals surface area (Å²) in [6, 6.07) is 13.0. The second-order valence-electron chi connectivity index (χ2n) is 5.74. The Bertz CT molecular complexity index is 370. The highest BCUT2D eigenvalue weighted by molar-refractivity contribution is 5.19. The third-order valence-corrected chi connectivity index (χ3v) is 4.68. The second-order valence-corrected chi connectivity index (χ2v) is 5.74. The van der Waals surface area contributed by atoms with Gasteiger partial charge in [0.25, 0.3) is 0 Å². The van der Waals surface area contributed by atoms with Gasteiger partial charge in [-0.2, -0.15) is 0 Å². The molecule has 2 aliphatic rings. The Morgan fingerprint density at radius 2 is 2.00 bits per heavy atom. The Morgan fingerprint density at radius 1 is 1.17 bits per heavy atom. The molecule has 0 amide bonds. The highest BCUT2D eigenvalue weighted by atomic mass is 15.2. The lowest BCUT2D eigenvalue weighted by Gasteiger charge is -2.34. The van der Waals surface area contributed by atoms with Gasteiger partial charge in [-0.15, -0.1) is 0 Å². The van der Waals surface area contributed by atoms with Crippen molar-refractivity contribution >= 4 is 0 Å². The van der Waals surface area contributed by atoms with E-state index in [-0.39, 0.29) is 0 Å². The summed E-state index contributed by atoms with van der Waals surface area (Å²) in [5, 5.41) is 3.69. The highest BCUT2D eigenvalue weighted by Crippen LogP contribution is 2.32. The van der Waals surface area contributed by atoms with Crippen LogP contribution in [-0.4, -0.2) is 30.1 Å². The minimum absolute atomic E-state index is 0.557. The van der Waals surface area contributed by atoms with E-state index < -0.39 is 0 Å². The smallest absolute Gasteiger partial charge is 0.0323 e. The van der Waals surface area contributed by atoms with Crippen LogP contribution in [0.3, 0.4) is 0 Å². The van der Waals surface area contributed by atoms with Crippen molar-refractivity contribution in [2.24, 2.45) is 0 Å². The van der Waals surface area contributed by atoms with E-state index in [1.165, 1.54) is 44.3 Å². The zero-order chi connectivity index (χ0) is 12.4. The normalized spacial score (nSPS) is 30.7. The summed E-state index contributed by atoms with van der Waals surface area (Å²) >= 11 is 0. The first-order valence-corrected chi connectivity index (χ1v) is 7.40. The largest absolute Gasteiger partial charge is 0.312 e. The van der Waals surface area contributed by atoms with Gasteiger partial charge in [-0.3, -0.25) is 4.90 Å². The molecule has 1 N–H and O–H groups in total. The van der Waals surface area contributed by atoms with Crippen LogP contribution in [0, 0.1) is 0 Å². The van der Waals surface area contributed by atoms with Crippen molar-refractivity contribution in [2.75, 3.05) is 13.1 Å². The molecule has 0 aromatic heterocycles. The van der Waals surface area contributed by atoms with Crippen molar-refractivity contribution < 1.29 is 0 Å². The summed E-state index contributed by atoms with van der Waals surface area (Å²) < 4.78 is 0. The van der Waals surface area contributed by atoms with Crippen LogP contribution in [0.15, 0.2) is 30.3 Å². The van der Waals surface area contributed by atoms with Gasteiger partial charge >= 0.3 is 0 Å². The standard InChI is InChI=1S/C16H24N2/c1-13(14-7-3-2-4-8-14)18-12-6-10-16(18)15-9-5-11-17-15/h2-4,7-8,13,15-17H,5-6,9-12H2,1H3. The van der Waals surface area contributed by atoms with E-state index in [2.05, 4.69) is 47.5 Å². The summed E-state index contributed by atoms with van der Waals surface area (Å²) in [4.78, 5) is 2.72. The Morgan fingerprint density at radius 3 is 2.72 bits per heavy atom. The lowest BCUT2D eigenvalue weighted by Crippen LogP contribution is -2.44. The molecule has 2 saturated heterocycles. The molecule has 1 aromatic rings. The fourth-order valence-electron chi connectivity index (χ4n) is 3.69. The number of rotatable bonds is 3. The molecule has 2 heteroatoms. The average Bonchev–Trinajstić information content (AvgIpc) is 3.09. The van der Waals surface area contributed by atoms with Gasteiger partial charge in [-0.25, -0.2) is 0 Å². The maximum Gasteiger partial charge on any atom is 0.0323 e. The van der Waals surface area contributed by atoms with Gasteiger partial charge in [0.1, 0.15) is 0 Å². The van der Waals surface area contributed by atoms with Gasteiger partial charge in [0.05, 0.1) is 0 Å². The number of hydrogen-bond acceptors (Lipinski definition) is 2. The van der Waals surface area contributed by atoms with E-state index in [4.69, 9.17) is 0 Å². The van der Waals surface area contributed by atoms with Crippen molar-refractivity contribution in [1.82, 2.24) is 10.2 Å². The van der Waals surface area contributed by atoms with Crippen LogP contribution in [0.4, 0.5) is 0 Å². The molecule has 2 fully saturated rings. The van der Waals surface area contributed by atoms with Crippen LogP contribution in [0.1, 0.15) is 44.2 Å². The maximum atomic E-state index is 3.69. The van der Waals surface area contributed by atoms with Crippen LogP contribution in [0.25, 0.3) is 0 Å². The Balaban J connectivity index is 1.74. The van der Waals surface area contributed by atoms with E-state index in [9.17, 15) is 0 Å². The molecule has 3 rings (SSSR count). The minimum atomic E-state index is 0.557. The molecule has 18 heavy (non-hydrogen) atoms. The quantitative estimate of drug-likeness (QED) is 0.879. The molecule has 98 valence electrons. The molecule has 2 heterocycles. The first-order chi connectivity index (χ1) is 8.86. The van der Waals surface area contributed by atoms with Crippen LogP contribution >= 0.6 is 0 Å². The molecule has 2 nitrogen and oxygen atoms in total. The number of hydrogen-bond donors (Lipinski definition) is 1. The van der Waals surface area contributed by atoms with Crippen molar-refractivity contribution in [3.05, 3.63) is 35.9 Å². The van der Waals surface area contributed by atoms with E-state index in [0.29, 0.717) is 6.04 Å². The third-order valence-electron chi connectivity index (χ3n) is 4.68. The molecular formula is C16H24N2. The summed E-state index contributed by atoms with van der Waals surface area (Å²) in [6.45, 7) is 4.84. The van der Waals surface area contributed by atoms with E-state index in [1.54, 1.807) is 0 Å². The third kappa shape index (κ3) is 2.32. The van der Waals surface area contributed by atoms with E-state index >= 15 is 0 Å². The topological polar surface area (TPSA) is 15.3 Å². The first-order valence-electron chi connectivity index (χ1n) is 7.40. The number of nitrogens with one attached hydrogen (secondary N) is 1. The molecule has 1 aromatic carbocycles. The molecular weight excluding hydrogens is 220 g/mol. The number of benzene rings is 1. The molecule has 0 radical (unpaired) electrons. The number of likely N-dealkylation sites (tertiary alicyclic amines) is 1. The molecule has 3 unspecified atom stereocenters. The zero-order valence-electron chi connectivity index (χ0n) is 11.3. The fourth-order valence-corrected chi connectivity index (χ4v) is 3.69. The molecule has 0 bridgehead atoms. The number of nitrogens with zero attached hydrogens (tertiary/aromatic N) is 1. The average molecular weight is 244 g/mol. The Kier molecular flexibility index (Phi) is 3.67. The Hall–Kier alpha value is -0.860. The first kappa shape index (κ1) is 12.2. The lowest BCUT2D eigenvalue weighted by atomic mass is 10.0. The van der Waals surface area contributed by atoms with Crippen LogP contribution in [0.5, 0.6) is 0 Å². The van der Waals surface area contributed by atoms with Crippen LogP contribution < -0.4 is 5.32 Å². The van der Waals surface area contributed by atoms with Crippen LogP contribution in [-0.2, 0) is 0 Å². The summed E-state index contributed by atoms with van der Waals surface area (Å²) in [6.07, 6.45) is 5.45. The van der Waals surface area contributed by atoms with Gasteiger partial charge in [-0.1, -0.05) is 30.3 Å². The van der Waals surface area contributed by atoms with Crippen molar-refractivity contribution in [1.29, 1.82) is 0 Å². The Labute approximate surface area is 110 Å². The van der Waals surface area contributed by atoms with Crippen molar-refractivity contribution in [2.45, 2.75) is 50.7 Å². The van der Waals surface area contributed by atoms with Gasteiger partial charge in [0.15, 0.2) is 0 Å². The predicted molar refractivity (Wildman–Crippen MR) is 75.6 cm³/mol. The summed E-state index contributed by atoms with van der Waals surface area (Å²) in [5.74, 6) is 0. The maximum absolute atomic E-state index is 3.69. The van der Waals surface area contributed by atoms with Gasteiger partial charge in [0.2, 0.25) is 0 Å². The molecule has 3 atom stereocenters. The molecule has 2 aliphatic heterocycles. The summed E-state index contributed by atoms with van der Waals surface area (Å²) in [7, 11) is 0. The van der Waals surface area contributed by atoms with E-state index in [1.807, 2.05) is 0 Å².